The molecule has 4 heteroatoms. The van der Waals surface area contributed by atoms with Crippen molar-refractivity contribution in [2.24, 2.45) is 0 Å². The summed E-state index contributed by atoms with van der Waals surface area (Å²) in [4.78, 5) is 22.9. The van der Waals surface area contributed by atoms with Crippen LogP contribution in [0.1, 0.15) is 44.6 Å². The number of carbonyl (C=O) groups excluding carboxylic acids is 2. The molecule has 0 atom stereocenters. The molecule has 0 unspecified atom stereocenters. The maximum atomic E-state index is 11.5. The summed E-state index contributed by atoms with van der Waals surface area (Å²) in [6.45, 7) is 2.55. The van der Waals surface area contributed by atoms with Crippen LogP contribution < -0.4 is 10.6 Å². The normalized spacial score (nSPS) is 9.95. The number of carbonyl (C=O) groups is 2. The van der Waals surface area contributed by atoms with E-state index < -0.39 is 6.03 Å². The molecule has 0 fully saturated rings. The van der Waals surface area contributed by atoms with E-state index in [1.54, 1.807) is 0 Å². The predicted octanol–water partition coefficient (Wildman–Crippen LogP) is 2.98. The van der Waals surface area contributed by atoms with Crippen LogP contribution in [-0.2, 0) is 11.3 Å². The van der Waals surface area contributed by atoms with Crippen LogP contribution in [0, 0.1) is 0 Å². The van der Waals surface area contributed by atoms with E-state index in [9.17, 15) is 9.59 Å². The maximum Gasteiger partial charge on any atom is 0.321 e. The second-order valence-electron chi connectivity index (χ2n) is 4.53. The molecule has 0 radical (unpaired) electrons. The van der Waals surface area contributed by atoms with E-state index in [1.807, 2.05) is 30.3 Å². The summed E-state index contributed by atoms with van der Waals surface area (Å²) in [6, 6.07) is 9.16. The summed E-state index contributed by atoms with van der Waals surface area (Å²) >= 11 is 0. The Hall–Kier alpha value is -1.84. The Balaban J connectivity index is 2.15. The van der Waals surface area contributed by atoms with Crippen molar-refractivity contribution in [1.29, 1.82) is 0 Å². The van der Waals surface area contributed by atoms with Crippen LogP contribution in [0.4, 0.5) is 4.79 Å². The van der Waals surface area contributed by atoms with Crippen molar-refractivity contribution >= 4 is 11.9 Å². The fourth-order valence-electron chi connectivity index (χ4n) is 1.72. The number of amides is 3. The second-order valence-corrected chi connectivity index (χ2v) is 4.53. The van der Waals surface area contributed by atoms with Crippen molar-refractivity contribution in [3.8, 4) is 0 Å². The predicted molar refractivity (Wildman–Crippen MR) is 75.6 cm³/mol. The molecule has 1 rings (SSSR count). The van der Waals surface area contributed by atoms with Crippen LogP contribution in [0.5, 0.6) is 0 Å². The minimum Gasteiger partial charge on any atom is -0.334 e. The minimum absolute atomic E-state index is 0.207. The highest BCUT2D eigenvalue weighted by atomic mass is 16.2. The van der Waals surface area contributed by atoms with Crippen molar-refractivity contribution in [3.63, 3.8) is 0 Å². The van der Waals surface area contributed by atoms with Gasteiger partial charge in [0, 0.05) is 13.0 Å². The average Bonchev–Trinajstić information content (AvgIpc) is 2.42. The molecule has 0 aliphatic rings. The lowest BCUT2D eigenvalue weighted by molar-refractivity contribution is -0.120. The van der Waals surface area contributed by atoms with Gasteiger partial charge in [0.05, 0.1) is 0 Å². The van der Waals surface area contributed by atoms with Crippen LogP contribution in [0.25, 0.3) is 0 Å². The van der Waals surface area contributed by atoms with Gasteiger partial charge >= 0.3 is 6.03 Å². The lowest BCUT2D eigenvalue weighted by atomic mass is 10.1. The summed E-state index contributed by atoms with van der Waals surface area (Å²) in [5.41, 5.74) is 1.01. The Labute approximate surface area is 114 Å². The van der Waals surface area contributed by atoms with E-state index in [4.69, 9.17) is 0 Å². The van der Waals surface area contributed by atoms with Crippen molar-refractivity contribution in [1.82, 2.24) is 10.6 Å². The fourth-order valence-corrected chi connectivity index (χ4v) is 1.72. The van der Waals surface area contributed by atoms with Crippen molar-refractivity contribution in [2.45, 2.75) is 45.6 Å². The summed E-state index contributed by atoms with van der Waals surface area (Å²) in [7, 11) is 0. The number of rotatable bonds is 7. The highest BCUT2D eigenvalue weighted by Gasteiger charge is 2.06. The van der Waals surface area contributed by atoms with Gasteiger partial charge in [0.15, 0.2) is 0 Å². The highest BCUT2D eigenvalue weighted by molar-refractivity contribution is 5.94. The third-order valence-corrected chi connectivity index (χ3v) is 2.81. The minimum atomic E-state index is -0.427. The summed E-state index contributed by atoms with van der Waals surface area (Å²) in [5, 5.41) is 5.00. The summed E-state index contributed by atoms with van der Waals surface area (Å²) in [5.74, 6) is -0.207. The Bertz CT molecular complexity index is 390. The lowest BCUT2D eigenvalue weighted by Crippen LogP contribution is -2.38. The molecule has 0 heterocycles. The van der Waals surface area contributed by atoms with Gasteiger partial charge in [-0.3, -0.25) is 10.1 Å². The number of benzene rings is 1. The zero-order chi connectivity index (χ0) is 13.9. The van der Waals surface area contributed by atoms with Gasteiger partial charge in [0.25, 0.3) is 0 Å². The fraction of sp³-hybridized carbons (Fsp3) is 0.467. The van der Waals surface area contributed by atoms with Crippen molar-refractivity contribution in [3.05, 3.63) is 35.9 Å². The zero-order valence-corrected chi connectivity index (χ0v) is 11.4. The van der Waals surface area contributed by atoms with E-state index >= 15 is 0 Å². The molecule has 0 bridgehead atoms. The topological polar surface area (TPSA) is 58.2 Å². The van der Waals surface area contributed by atoms with Gasteiger partial charge in [0.1, 0.15) is 0 Å². The Morgan fingerprint density at radius 3 is 2.47 bits per heavy atom. The number of hydrogen-bond acceptors (Lipinski definition) is 2. The SMILES string of the molecule is CCCCCCC(=O)NC(=O)NCc1ccccc1. The quantitative estimate of drug-likeness (QED) is 0.742. The van der Waals surface area contributed by atoms with Gasteiger partial charge in [-0.2, -0.15) is 0 Å². The van der Waals surface area contributed by atoms with Crippen LogP contribution in [0.3, 0.4) is 0 Å². The molecule has 0 aliphatic heterocycles. The Morgan fingerprint density at radius 2 is 1.79 bits per heavy atom. The number of imide groups is 1. The van der Waals surface area contributed by atoms with Crippen LogP contribution in [0.15, 0.2) is 30.3 Å². The van der Waals surface area contributed by atoms with Crippen LogP contribution in [0.2, 0.25) is 0 Å². The molecule has 0 saturated carbocycles. The molecule has 1 aromatic carbocycles. The number of hydrogen-bond donors (Lipinski definition) is 2. The van der Waals surface area contributed by atoms with Gasteiger partial charge < -0.3 is 5.32 Å². The molecule has 2 N–H and O–H groups in total. The molecule has 4 nitrogen and oxygen atoms in total. The maximum absolute atomic E-state index is 11.5. The Kier molecular flexibility index (Phi) is 7.32. The van der Waals surface area contributed by atoms with E-state index in [-0.39, 0.29) is 5.91 Å². The standard InChI is InChI=1S/C15H22N2O2/c1-2-3-4-8-11-14(18)17-15(19)16-12-13-9-6-5-7-10-13/h5-7,9-10H,2-4,8,11-12H2,1H3,(H2,16,17,18,19). The first-order valence-corrected chi connectivity index (χ1v) is 6.84. The van der Waals surface area contributed by atoms with Crippen molar-refractivity contribution < 1.29 is 9.59 Å². The summed E-state index contributed by atoms with van der Waals surface area (Å²) < 4.78 is 0. The van der Waals surface area contributed by atoms with Crippen molar-refractivity contribution in [2.75, 3.05) is 0 Å². The average molecular weight is 262 g/mol. The third-order valence-electron chi connectivity index (χ3n) is 2.81. The Morgan fingerprint density at radius 1 is 1.05 bits per heavy atom. The third kappa shape index (κ3) is 7.24. The molecule has 0 spiro atoms. The first-order valence-electron chi connectivity index (χ1n) is 6.84. The first kappa shape index (κ1) is 15.2. The number of nitrogens with one attached hydrogen (secondary N) is 2. The van der Waals surface area contributed by atoms with Gasteiger partial charge in [-0.25, -0.2) is 4.79 Å². The second kappa shape index (κ2) is 9.14. The first-order chi connectivity index (χ1) is 9.22. The highest BCUT2D eigenvalue weighted by Crippen LogP contribution is 2.02. The molecule has 0 aliphatic carbocycles. The van der Waals surface area contributed by atoms with Gasteiger partial charge in [-0.1, -0.05) is 56.5 Å². The number of urea groups is 1. The summed E-state index contributed by atoms with van der Waals surface area (Å²) in [6.07, 6.45) is 4.56. The van der Waals surface area contributed by atoms with Gasteiger partial charge in [-0.15, -0.1) is 0 Å². The number of unbranched alkanes of at least 4 members (excludes halogenated alkanes) is 3. The molecule has 1 aromatic rings. The monoisotopic (exact) mass is 262 g/mol. The molecule has 0 aromatic heterocycles. The van der Waals surface area contributed by atoms with Crippen LogP contribution >= 0.6 is 0 Å². The zero-order valence-electron chi connectivity index (χ0n) is 11.4. The molecular weight excluding hydrogens is 240 g/mol. The van der Waals surface area contributed by atoms with E-state index in [2.05, 4.69) is 17.6 Å². The molecule has 19 heavy (non-hydrogen) atoms. The van der Waals surface area contributed by atoms with Crippen LogP contribution in [-0.4, -0.2) is 11.9 Å². The molecule has 0 saturated heterocycles. The lowest BCUT2D eigenvalue weighted by Gasteiger charge is -2.06. The molecule has 3 amide bonds. The van der Waals surface area contributed by atoms with Gasteiger partial charge in [0.2, 0.25) is 5.91 Å². The molecule has 104 valence electrons. The van der Waals surface area contributed by atoms with E-state index in [0.29, 0.717) is 13.0 Å². The van der Waals surface area contributed by atoms with Gasteiger partial charge in [-0.05, 0) is 12.0 Å². The van der Waals surface area contributed by atoms with E-state index in [1.165, 1.54) is 0 Å². The smallest absolute Gasteiger partial charge is 0.321 e. The van der Waals surface area contributed by atoms with E-state index in [0.717, 1.165) is 31.2 Å². The largest absolute Gasteiger partial charge is 0.334 e. The molecular formula is C15H22N2O2.